The summed E-state index contributed by atoms with van der Waals surface area (Å²) >= 11 is 8.28. The Bertz CT molecular complexity index is 627. The van der Waals surface area contributed by atoms with Crippen molar-refractivity contribution in [1.82, 2.24) is 4.98 Å². The van der Waals surface area contributed by atoms with Gasteiger partial charge in [-0.2, -0.15) is 11.8 Å². The summed E-state index contributed by atoms with van der Waals surface area (Å²) in [6.45, 7) is 4.69. The highest BCUT2D eigenvalue weighted by Gasteiger charge is 2.32. The Morgan fingerprint density at radius 1 is 1.35 bits per heavy atom. The van der Waals surface area contributed by atoms with Gasteiger partial charge in [-0.25, -0.2) is 0 Å². The lowest BCUT2D eigenvalue weighted by atomic mass is 9.82. The molecule has 2 nitrogen and oxygen atoms in total. The first-order chi connectivity index (χ1) is 9.58. The van der Waals surface area contributed by atoms with Crippen molar-refractivity contribution in [3.05, 3.63) is 35.5 Å². The lowest BCUT2D eigenvalue weighted by Gasteiger charge is -2.39. The summed E-state index contributed by atoms with van der Waals surface area (Å²) in [5, 5.41) is 5.47. The predicted molar refractivity (Wildman–Crippen MR) is 89.9 cm³/mol. The van der Waals surface area contributed by atoms with Crippen molar-refractivity contribution in [3.8, 4) is 0 Å². The first kappa shape index (κ1) is 14.0. The number of nitrogens with one attached hydrogen (secondary N) is 1. The van der Waals surface area contributed by atoms with Gasteiger partial charge in [-0.1, -0.05) is 25.4 Å². The van der Waals surface area contributed by atoms with E-state index in [0.717, 1.165) is 27.4 Å². The Morgan fingerprint density at radius 3 is 3.00 bits per heavy atom. The summed E-state index contributed by atoms with van der Waals surface area (Å²) in [6.07, 6.45) is 3.07. The largest absolute Gasteiger partial charge is 0.379 e. The number of hydrogen-bond donors (Lipinski definition) is 1. The van der Waals surface area contributed by atoms with Crippen molar-refractivity contribution in [2.75, 3.05) is 16.8 Å². The molecule has 0 aliphatic carbocycles. The third-order valence-corrected chi connectivity index (χ3v) is 5.56. The van der Waals surface area contributed by atoms with E-state index in [2.05, 4.69) is 24.1 Å². The number of rotatable bonds is 2. The first-order valence-electron chi connectivity index (χ1n) is 6.95. The summed E-state index contributed by atoms with van der Waals surface area (Å²) in [7, 11) is 0. The van der Waals surface area contributed by atoms with Crippen molar-refractivity contribution in [3.63, 3.8) is 0 Å². The van der Waals surface area contributed by atoms with Crippen LogP contribution in [0, 0.1) is 5.41 Å². The van der Waals surface area contributed by atoms with E-state index in [9.17, 15) is 0 Å². The normalized spacial score (nSPS) is 21.9. The van der Waals surface area contributed by atoms with Crippen LogP contribution >= 0.6 is 23.4 Å². The van der Waals surface area contributed by atoms with E-state index >= 15 is 0 Å². The molecule has 1 unspecified atom stereocenters. The second-order valence-electron chi connectivity index (χ2n) is 6.00. The molecule has 4 heteroatoms. The number of hydrogen-bond acceptors (Lipinski definition) is 3. The lowest BCUT2D eigenvalue weighted by Crippen LogP contribution is -2.41. The van der Waals surface area contributed by atoms with E-state index in [4.69, 9.17) is 11.6 Å². The van der Waals surface area contributed by atoms with Crippen LogP contribution in [0.3, 0.4) is 0 Å². The van der Waals surface area contributed by atoms with E-state index in [0.29, 0.717) is 11.5 Å². The predicted octanol–water partition coefficient (Wildman–Crippen LogP) is 4.83. The molecule has 2 aromatic rings. The number of aromatic nitrogens is 1. The average Bonchev–Trinajstić information content (AvgIpc) is 2.44. The van der Waals surface area contributed by atoms with Gasteiger partial charge in [0.25, 0.3) is 0 Å². The second kappa shape index (κ2) is 5.45. The van der Waals surface area contributed by atoms with Gasteiger partial charge in [0, 0.05) is 23.4 Å². The zero-order chi connectivity index (χ0) is 14.2. The van der Waals surface area contributed by atoms with Crippen molar-refractivity contribution < 1.29 is 0 Å². The van der Waals surface area contributed by atoms with Gasteiger partial charge in [0.15, 0.2) is 0 Å². The molecule has 0 bridgehead atoms. The van der Waals surface area contributed by atoms with Gasteiger partial charge in [0.05, 0.1) is 16.2 Å². The first-order valence-corrected chi connectivity index (χ1v) is 8.49. The van der Waals surface area contributed by atoms with Crippen molar-refractivity contribution in [1.29, 1.82) is 0 Å². The molecule has 1 aromatic carbocycles. The highest BCUT2D eigenvalue weighted by Crippen LogP contribution is 2.37. The summed E-state index contributed by atoms with van der Waals surface area (Å²) in [5.74, 6) is 2.40. The fourth-order valence-corrected chi connectivity index (χ4v) is 4.44. The molecule has 1 N–H and O–H groups in total. The minimum absolute atomic E-state index is 0.311. The number of fused-ring (bicyclic) bond motifs is 1. The van der Waals surface area contributed by atoms with Gasteiger partial charge < -0.3 is 5.32 Å². The Hall–Kier alpha value is -0.930. The number of benzene rings is 1. The van der Waals surface area contributed by atoms with Gasteiger partial charge in [-0.3, -0.25) is 4.98 Å². The van der Waals surface area contributed by atoms with Crippen molar-refractivity contribution >= 4 is 40.0 Å². The molecule has 3 rings (SSSR count). The van der Waals surface area contributed by atoms with Crippen LogP contribution in [-0.4, -0.2) is 22.5 Å². The minimum atomic E-state index is 0.311. The van der Waals surface area contributed by atoms with Crippen LogP contribution in [0.15, 0.2) is 30.5 Å². The molecular formula is C16H19ClN2S. The number of anilines is 1. The SMILES string of the molecule is CC1(C)CCSCC1Nc1ccc(Cl)c2cccnc12. The Morgan fingerprint density at radius 2 is 2.20 bits per heavy atom. The molecule has 1 fully saturated rings. The molecule has 0 amide bonds. The monoisotopic (exact) mass is 306 g/mol. The quantitative estimate of drug-likeness (QED) is 0.860. The summed E-state index contributed by atoms with van der Waals surface area (Å²) in [6, 6.07) is 8.42. The van der Waals surface area contributed by atoms with Crippen LogP contribution in [0.1, 0.15) is 20.3 Å². The lowest BCUT2D eigenvalue weighted by molar-refractivity contribution is 0.305. The number of nitrogens with zero attached hydrogens (tertiary/aromatic N) is 1. The maximum atomic E-state index is 6.26. The molecule has 0 radical (unpaired) electrons. The van der Waals surface area contributed by atoms with Gasteiger partial charge in [0.1, 0.15) is 0 Å². The fourth-order valence-electron chi connectivity index (χ4n) is 2.62. The van der Waals surface area contributed by atoms with Gasteiger partial charge in [0.2, 0.25) is 0 Å². The van der Waals surface area contributed by atoms with Gasteiger partial charge in [-0.05, 0) is 41.9 Å². The van der Waals surface area contributed by atoms with Crippen LogP contribution in [0.25, 0.3) is 10.9 Å². The van der Waals surface area contributed by atoms with Crippen LogP contribution in [-0.2, 0) is 0 Å². The van der Waals surface area contributed by atoms with E-state index in [1.807, 2.05) is 42.2 Å². The zero-order valence-corrected chi connectivity index (χ0v) is 13.4. The number of pyridine rings is 1. The van der Waals surface area contributed by atoms with Crippen molar-refractivity contribution in [2.45, 2.75) is 26.3 Å². The maximum Gasteiger partial charge on any atom is 0.0948 e. The molecule has 0 spiro atoms. The highest BCUT2D eigenvalue weighted by atomic mass is 35.5. The van der Waals surface area contributed by atoms with E-state index in [1.165, 1.54) is 12.2 Å². The fraction of sp³-hybridized carbons (Fsp3) is 0.438. The van der Waals surface area contributed by atoms with Gasteiger partial charge in [-0.15, -0.1) is 0 Å². The van der Waals surface area contributed by atoms with Crippen LogP contribution in [0.4, 0.5) is 5.69 Å². The summed E-state index contributed by atoms with van der Waals surface area (Å²) in [5.41, 5.74) is 2.36. The zero-order valence-electron chi connectivity index (χ0n) is 11.8. The van der Waals surface area contributed by atoms with Crippen LogP contribution in [0.2, 0.25) is 5.02 Å². The molecule has 1 atom stereocenters. The molecule has 20 heavy (non-hydrogen) atoms. The summed E-state index contributed by atoms with van der Waals surface area (Å²) < 4.78 is 0. The van der Waals surface area contributed by atoms with Crippen LogP contribution < -0.4 is 5.32 Å². The van der Waals surface area contributed by atoms with E-state index in [-0.39, 0.29) is 0 Å². The van der Waals surface area contributed by atoms with E-state index < -0.39 is 0 Å². The number of thioether (sulfide) groups is 1. The summed E-state index contributed by atoms with van der Waals surface area (Å²) in [4.78, 5) is 4.50. The Balaban J connectivity index is 1.97. The Labute approximate surface area is 129 Å². The average molecular weight is 307 g/mol. The molecular weight excluding hydrogens is 288 g/mol. The highest BCUT2D eigenvalue weighted by molar-refractivity contribution is 7.99. The molecule has 1 aliphatic rings. The maximum absolute atomic E-state index is 6.26. The third kappa shape index (κ3) is 2.61. The molecule has 1 aliphatic heterocycles. The van der Waals surface area contributed by atoms with Crippen molar-refractivity contribution in [2.24, 2.45) is 5.41 Å². The number of halogens is 1. The molecule has 0 saturated carbocycles. The smallest absolute Gasteiger partial charge is 0.0948 e. The third-order valence-electron chi connectivity index (χ3n) is 4.16. The van der Waals surface area contributed by atoms with E-state index in [1.54, 1.807) is 0 Å². The van der Waals surface area contributed by atoms with Gasteiger partial charge >= 0.3 is 0 Å². The minimum Gasteiger partial charge on any atom is -0.379 e. The standard InChI is InChI=1S/C16H19ClN2S/c1-16(2)7-9-20-10-14(16)19-13-6-5-12(17)11-4-3-8-18-15(11)13/h3-6,8,14,19H,7,9-10H2,1-2H3. The molecule has 2 heterocycles. The molecule has 106 valence electrons. The topological polar surface area (TPSA) is 24.9 Å². The van der Waals surface area contributed by atoms with Crippen LogP contribution in [0.5, 0.6) is 0 Å². The Kier molecular flexibility index (Phi) is 3.83. The molecule has 1 saturated heterocycles. The second-order valence-corrected chi connectivity index (χ2v) is 7.56. The molecule has 1 aromatic heterocycles.